The van der Waals surface area contributed by atoms with E-state index in [4.69, 9.17) is 5.11 Å². The molecule has 106 valence electrons. The Bertz CT molecular complexity index is 454. The Labute approximate surface area is 113 Å². The highest BCUT2D eigenvalue weighted by molar-refractivity contribution is 5.84. The highest BCUT2D eigenvalue weighted by Crippen LogP contribution is 2.13. The molecule has 1 rings (SSSR count). The predicted molar refractivity (Wildman–Crippen MR) is 70.7 cm³/mol. The van der Waals surface area contributed by atoms with E-state index >= 15 is 0 Å². The third kappa shape index (κ3) is 4.08. The number of carboxylic acid groups (broad SMARTS) is 1. The van der Waals surface area contributed by atoms with Gasteiger partial charge in [0.2, 0.25) is 5.91 Å². The third-order valence-electron chi connectivity index (χ3n) is 2.86. The second-order valence-electron chi connectivity index (χ2n) is 5.06. The first-order valence-electron chi connectivity index (χ1n) is 6.33. The molecule has 1 heterocycles. The van der Waals surface area contributed by atoms with E-state index in [1.165, 1.54) is 4.90 Å². The van der Waals surface area contributed by atoms with E-state index in [2.05, 4.69) is 4.98 Å². The first kappa shape index (κ1) is 15.2. The molecule has 0 fully saturated rings. The van der Waals surface area contributed by atoms with Crippen molar-refractivity contribution in [3.8, 4) is 0 Å². The monoisotopic (exact) mass is 267 g/mol. The Morgan fingerprint density at radius 2 is 2.05 bits per heavy atom. The Morgan fingerprint density at radius 1 is 1.42 bits per heavy atom. The average molecular weight is 267 g/mol. The SMILES string of the molecule is Cc1nccn1[C@@H](C)C(=O)N(CC(=O)O)CC(C)C. The number of hydrogen-bond acceptors (Lipinski definition) is 3. The summed E-state index contributed by atoms with van der Waals surface area (Å²) >= 11 is 0. The van der Waals surface area contributed by atoms with Gasteiger partial charge in [0.1, 0.15) is 18.4 Å². The zero-order valence-corrected chi connectivity index (χ0v) is 11.8. The molecule has 0 spiro atoms. The molecule has 0 unspecified atom stereocenters. The number of carbonyl (C=O) groups is 2. The van der Waals surface area contributed by atoms with Crippen LogP contribution in [0.3, 0.4) is 0 Å². The lowest BCUT2D eigenvalue weighted by molar-refractivity contribution is -0.146. The first-order valence-corrected chi connectivity index (χ1v) is 6.33. The molecule has 0 aromatic carbocycles. The molecule has 0 aliphatic heterocycles. The normalized spacial score (nSPS) is 12.5. The van der Waals surface area contributed by atoms with Gasteiger partial charge in [-0.05, 0) is 19.8 Å². The maximum atomic E-state index is 12.4. The molecule has 6 nitrogen and oxygen atoms in total. The number of carbonyl (C=O) groups excluding carboxylic acids is 1. The fourth-order valence-electron chi connectivity index (χ4n) is 2.02. The van der Waals surface area contributed by atoms with Gasteiger partial charge < -0.3 is 14.6 Å². The van der Waals surface area contributed by atoms with E-state index in [0.717, 1.165) is 5.82 Å². The molecule has 0 radical (unpaired) electrons. The van der Waals surface area contributed by atoms with E-state index in [1.807, 2.05) is 20.8 Å². The average Bonchev–Trinajstić information content (AvgIpc) is 2.71. The number of rotatable bonds is 6. The van der Waals surface area contributed by atoms with Crippen molar-refractivity contribution >= 4 is 11.9 Å². The lowest BCUT2D eigenvalue weighted by Gasteiger charge is -2.26. The van der Waals surface area contributed by atoms with Crippen LogP contribution in [0, 0.1) is 12.8 Å². The van der Waals surface area contributed by atoms with Crippen LogP contribution in [0.15, 0.2) is 12.4 Å². The Balaban J connectivity index is 2.86. The summed E-state index contributed by atoms with van der Waals surface area (Å²) in [6.45, 7) is 7.64. The fourth-order valence-corrected chi connectivity index (χ4v) is 2.02. The summed E-state index contributed by atoms with van der Waals surface area (Å²) in [5.41, 5.74) is 0. The summed E-state index contributed by atoms with van der Waals surface area (Å²) in [5.74, 6) is -0.235. The number of nitrogens with zero attached hydrogens (tertiary/aromatic N) is 3. The van der Waals surface area contributed by atoms with E-state index < -0.39 is 12.0 Å². The smallest absolute Gasteiger partial charge is 0.323 e. The molecule has 1 aromatic heterocycles. The van der Waals surface area contributed by atoms with E-state index in [9.17, 15) is 9.59 Å². The zero-order valence-electron chi connectivity index (χ0n) is 11.8. The van der Waals surface area contributed by atoms with Gasteiger partial charge in [-0.2, -0.15) is 0 Å². The Morgan fingerprint density at radius 3 is 2.47 bits per heavy atom. The van der Waals surface area contributed by atoms with Crippen LogP contribution in [0.4, 0.5) is 0 Å². The molecule has 0 saturated heterocycles. The quantitative estimate of drug-likeness (QED) is 0.843. The number of aliphatic carboxylic acids is 1. The van der Waals surface area contributed by atoms with Crippen LogP contribution in [-0.2, 0) is 9.59 Å². The van der Waals surface area contributed by atoms with Crippen molar-refractivity contribution in [1.82, 2.24) is 14.5 Å². The van der Waals surface area contributed by atoms with Crippen molar-refractivity contribution in [2.75, 3.05) is 13.1 Å². The lowest BCUT2D eigenvalue weighted by Crippen LogP contribution is -2.41. The van der Waals surface area contributed by atoms with Crippen molar-refractivity contribution in [1.29, 1.82) is 0 Å². The molecule has 0 bridgehead atoms. The Kier molecular flexibility index (Phi) is 5.09. The number of hydrogen-bond donors (Lipinski definition) is 1. The molecule has 1 aromatic rings. The van der Waals surface area contributed by atoms with Crippen molar-refractivity contribution in [3.63, 3.8) is 0 Å². The topological polar surface area (TPSA) is 75.4 Å². The van der Waals surface area contributed by atoms with Gasteiger partial charge in [0.05, 0.1) is 0 Å². The van der Waals surface area contributed by atoms with Gasteiger partial charge in [0, 0.05) is 18.9 Å². The van der Waals surface area contributed by atoms with Crippen molar-refractivity contribution < 1.29 is 14.7 Å². The van der Waals surface area contributed by atoms with Gasteiger partial charge in [-0.25, -0.2) is 4.98 Å². The minimum Gasteiger partial charge on any atom is -0.480 e. The van der Waals surface area contributed by atoms with Gasteiger partial charge in [0.15, 0.2) is 0 Å². The van der Waals surface area contributed by atoms with Crippen LogP contribution in [-0.4, -0.2) is 44.5 Å². The van der Waals surface area contributed by atoms with Crippen LogP contribution < -0.4 is 0 Å². The summed E-state index contributed by atoms with van der Waals surface area (Å²) in [4.78, 5) is 28.7. The molecular weight excluding hydrogens is 246 g/mol. The Hall–Kier alpha value is -1.85. The molecule has 1 amide bonds. The summed E-state index contributed by atoms with van der Waals surface area (Å²) < 4.78 is 1.75. The first-order chi connectivity index (χ1) is 8.82. The largest absolute Gasteiger partial charge is 0.480 e. The number of aryl methyl sites for hydroxylation is 1. The predicted octanol–water partition coefficient (Wildman–Crippen LogP) is 1.32. The highest BCUT2D eigenvalue weighted by Gasteiger charge is 2.24. The van der Waals surface area contributed by atoms with E-state index in [-0.39, 0.29) is 18.4 Å². The third-order valence-corrected chi connectivity index (χ3v) is 2.86. The van der Waals surface area contributed by atoms with Gasteiger partial charge in [-0.15, -0.1) is 0 Å². The molecule has 0 aliphatic rings. The van der Waals surface area contributed by atoms with E-state index in [0.29, 0.717) is 6.54 Å². The molecular formula is C13H21N3O3. The summed E-state index contributed by atoms with van der Waals surface area (Å²) in [6.07, 6.45) is 3.36. The summed E-state index contributed by atoms with van der Waals surface area (Å²) in [5, 5.41) is 8.90. The molecule has 1 N–H and O–H groups in total. The highest BCUT2D eigenvalue weighted by atomic mass is 16.4. The number of amides is 1. The van der Waals surface area contributed by atoms with Gasteiger partial charge in [-0.3, -0.25) is 9.59 Å². The van der Waals surface area contributed by atoms with E-state index in [1.54, 1.807) is 23.9 Å². The van der Waals surface area contributed by atoms with Crippen molar-refractivity contribution in [2.24, 2.45) is 5.92 Å². The van der Waals surface area contributed by atoms with Crippen LogP contribution >= 0.6 is 0 Å². The molecule has 6 heteroatoms. The molecule has 0 aliphatic carbocycles. The van der Waals surface area contributed by atoms with Crippen LogP contribution in [0.25, 0.3) is 0 Å². The van der Waals surface area contributed by atoms with Crippen LogP contribution in [0.5, 0.6) is 0 Å². The lowest BCUT2D eigenvalue weighted by atomic mass is 10.2. The maximum Gasteiger partial charge on any atom is 0.323 e. The van der Waals surface area contributed by atoms with Gasteiger partial charge in [-0.1, -0.05) is 13.8 Å². The minimum absolute atomic E-state index is 0.197. The second-order valence-corrected chi connectivity index (χ2v) is 5.06. The minimum atomic E-state index is -0.997. The summed E-state index contributed by atoms with van der Waals surface area (Å²) in [6, 6.07) is -0.444. The number of imidazole rings is 1. The fraction of sp³-hybridized carbons (Fsp3) is 0.615. The number of aromatic nitrogens is 2. The maximum absolute atomic E-state index is 12.4. The van der Waals surface area contributed by atoms with Crippen molar-refractivity contribution in [3.05, 3.63) is 18.2 Å². The molecule has 1 atom stereocenters. The van der Waals surface area contributed by atoms with Gasteiger partial charge >= 0.3 is 5.97 Å². The van der Waals surface area contributed by atoms with Gasteiger partial charge in [0.25, 0.3) is 0 Å². The van der Waals surface area contributed by atoms with Crippen LogP contribution in [0.1, 0.15) is 32.6 Å². The molecule has 19 heavy (non-hydrogen) atoms. The molecule has 0 saturated carbocycles. The standard InChI is InChI=1S/C13H21N3O3/c1-9(2)7-15(8-12(17)18)13(19)10(3)16-6-5-14-11(16)4/h5-6,9-10H,7-8H2,1-4H3,(H,17,18)/t10-/m0/s1. The van der Waals surface area contributed by atoms with Crippen LogP contribution in [0.2, 0.25) is 0 Å². The zero-order chi connectivity index (χ0) is 14.6. The second kappa shape index (κ2) is 6.36. The summed E-state index contributed by atoms with van der Waals surface area (Å²) in [7, 11) is 0. The number of carboxylic acids is 1. The van der Waals surface area contributed by atoms with Crippen molar-refractivity contribution in [2.45, 2.75) is 33.7 Å².